The Labute approximate surface area is 147 Å². The summed E-state index contributed by atoms with van der Waals surface area (Å²) in [6.45, 7) is 0. The van der Waals surface area contributed by atoms with Crippen LogP contribution in [0.3, 0.4) is 0 Å². The smallest absolute Gasteiger partial charge is 0.284 e. The lowest BCUT2D eigenvalue weighted by atomic mass is 10.4. The molecular weight excluding hydrogens is 386 g/mol. The van der Waals surface area contributed by atoms with Crippen molar-refractivity contribution >= 4 is 32.3 Å². The monoisotopic (exact) mass is 409 g/mol. The minimum absolute atomic E-state index is 0.170. The van der Waals surface area contributed by atoms with Gasteiger partial charge in [0.05, 0.1) is 0 Å². The topological polar surface area (TPSA) is 71.4 Å². The van der Waals surface area contributed by atoms with E-state index in [2.05, 4.69) is 20.3 Å². The third kappa shape index (κ3) is 8.42. The summed E-state index contributed by atoms with van der Waals surface area (Å²) in [5.41, 5.74) is 0. The molecule has 0 spiro atoms. The molecule has 0 fully saturated rings. The maximum Gasteiger partial charge on any atom is 0.284 e. The van der Waals surface area contributed by atoms with Gasteiger partial charge in [0.2, 0.25) is 6.41 Å². The van der Waals surface area contributed by atoms with Crippen LogP contribution in [0.25, 0.3) is 0 Å². The highest BCUT2D eigenvalue weighted by molar-refractivity contribution is 9.10. The number of sulfonamides is 1. The number of methoxy groups -OCH3 is 2. The molecular formula is C14H24BrN3O4S. The van der Waals surface area contributed by atoms with Crippen molar-refractivity contribution in [2.24, 2.45) is 4.40 Å². The fraction of sp³-hybridized carbons (Fsp3) is 0.500. The molecule has 1 aromatic rings. The molecule has 0 saturated heterocycles. The molecule has 0 aliphatic carbocycles. The van der Waals surface area contributed by atoms with E-state index in [-0.39, 0.29) is 11.3 Å². The predicted octanol–water partition coefficient (Wildman–Crippen LogP) is 1.85. The zero-order valence-electron chi connectivity index (χ0n) is 14.2. The van der Waals surface area contributed by atoms with Gasteiger partial charge in [0.25, 0.3) is 10.0 Å². The Kier molecular flexibility index (Phi) is 10.2. The van der Waals surface area contributed by atoms with Crippen LogP contribution in [0.4, 0.5) is 0 Å². The molecule has 23 heavy (non-hydrogen) atoms. The molecule has 0 radical (unpaired) electrons. The Morgan fingerprint density at radius 2 is 1.65 bits per heavy atom. The van der Waals surface area contributed by atoms with E-state index >= 15 is 0 Å². The second kappa shape index (κ2) is 10.7. The normalized spacial score (nSPS) is 11.7. The molecule has 132 valence electrons. The molecule has 0 N–H and O–H groups in total. The molecule has 0 aromatic heterocycles. The molecule has 0 aliphatic heterocycles. The van der Waals surface area contributed by atoms with Crippen LogP contribution < -0.4 is 0 Å². The Balaban J connectivity index is 0.000000515. The lowest BCUT2D eigenvalue weighted by Crippen LogP contribution is -2.30. The molecule has 0 saturated carbocycles. The minimum atomic E-state index is -3.61. The lowest BCUT2D eigenvalue weighted by molar-refractivity contribution is -0.179. The van der Waals surface area contributed by atoms with Crippen LogP contribution in [-0.4, -0.2) is 73.4 Å². The second-order valence-electron chi connectivity index (χ2n) is 4.83. The van der Waals surface area contributed by atoms with Gasteiger partial charge in [-0.15, -0.1) is 4.40 Å². The molecule has 0 amide bonds. The van der Waals surface area contributed by atoms with Crippen molar-refractivity contribution in [1.82, 2.24) is 9.80 Å². The van der Waals surface area contributed by atoms with Gasteiger partial charge in [0.15, 0.2) is 0 Å². The number of rotatable bonds is 6. The number of nitrogens with zero attached hydrogens (tertiary/aromatic N) is 3. The average Bonchev–Trinajstić information content (AvgIpc) is 2.47. The van der Waals surface area contributed by atoms with E-state index in [1.807, 2.05) is 19.0 Å². The Morgan fingerprint density at radius 3 is 2.00 bits per heavy atom. The van der Waals surface area contributed by atoms with Gasteiger partial charge in [-0.25, -0.2) is 0 Å². The van der Waals surface area contributed by atoms with Crippen LogP contribution in [0, 0.1) is 0 Å². The maximum absolute atomic E-state index is 11.7. The summed E-state index contributed by atoms with van der Waals surface area (Å²) >= 11 is 3.17. The first-order chi connectivity index (χ1) is 10.7. The van der Waals surface area contributed by atoms with Crippen molar-refractivity contribution in [3.05, 3.63) is 28.7 Å². The number of ether oxygens (including phenoxy) is 2. The van der Waals surface area contributed by atoms with Gasteiger partial charge in [0, 0.05) is 32.8 Å². The van der Waals surface area contributed by atoms with E-state index in [4.69, 9.17) is 9.47 Å². The summed E-state index contributed by atoms with van der Waals surface area (Å²) in [4.78, 5) is 3.57. The molecule has 1 aromatic carbocycles. The van der Waals surface area contributed by atoms with Gasteiger partial charge < -0.3 is 14.4 Å². The van der Waals surface area contributed by atoms with Gasteiger partial charge in [-0.05, 0) is 42.2 Å². The molecule has 1 rings (SSSR count). The van der Waals surface area contributed by atoms with Crippen LogP contribution >= 0.6 is 15.9 Å². The van der Waals surface area contributed by atoms with Gasteiger partial charge in [-0.2, -0.15) is 8.42 Å². The molecule has 0 unspecified atom stereocenters. The minimum Gasteiger partial charge on any atom is -0.368 e. The quantitative estimate of drug-likeness (QED) is 0.405. The number of benzene rings is 1. The van der Waals surface area contributed by atoms with Crippen molar-refractivity contribution < 1.29 is 17.9 Å². The fourth-order valence-corrected chi connectivity index (χ4v) is 3.27. The maximum atomic E-state index is 11.7. The van der Waals surface area contributed by atoms with E-state index < -0.39 is 10.0 Å². The first-order valence-corrected chi connectivity index (χ1v) is 8.82. The van der Waals surface area contributed by atoms with E-state index in [1.165, 1.54) is 12.4 Å². The summed E-state index contributed by atoms with van der Waals surface area (Å²) < 4.78 is 37.2. The summed E-state index contributed by atoms with van der Waals surface area (Å²) in [6.07, 6.45) is 1.05. The van der Waals surface area contributed by atoms with Crippen LogP contribution in [-0.2, 0) is 19.5 Å². The van der Waals surface area contributed by atoms with Crippen LogP contribution in [0.15, 0.2) is 38.0 Å². The van der Waals surface area contributed by atoms with E-state index in [0.29, 0.717) is 4.47 Å². The van der Waals surface area contributed by atoms with E-state index in [9.17, 15) is 8.42 Å². The number of hydrogen-bond donors (Lipinski definition) is 0. The standard InChI is InChI=1S/C9H11BrN2O2S.C5H13NO2/c1-12(2)7-11-15(13,14)9-6-4-3-5-8(9)10;1-6(2)5(7-3)8-4/h3-7H,1-2H3;5H,1-4H3/b11-7+;. The van der Waals surface area contributed by atoms with Crippen molar-refractivity contribution in [1.29, 1.82) is 0 Å². The van der Waals surface area contributed by atoms with Gasteiger partial charge >= 0.3 is 0 Å². The third-order valence-corrected chi connectivity index (χ3v) is 4.59. The SMILES string of the molecule is CN(C)/C=N/S(=O)(=O)c1ccccc1Br.COC(OC)N(C)C. The van der Waals surface area contributed by atoms with Gasteiger partial charge in [-0.3, -0.25) is 4.90 Å². The summed E-state index contributed by atoms with van der Waals surface area (Å²) in [5, 5.41) is 0. The Morgan fingerprint density at radius 1 is 1.13 bits per heavy atom. The van der Waals surface area contributed by atoms with Crippen LogP contribution in [0.2, 0.25) is 0 Å². The van der Waals surface area contributed by atoms with E-state index in [1.54, 1.807) is 51.4 Å². The zero-order chi connectivity index (χ0) is 18.0. The van der Waals surface area contributed by atoms with Gasteiger partial charge in [0.1, 0.15) is 11.2 Å². The molecule has 0 atom stereocenters. The summed E-state index contributed by atoms with van der Waals surface area (Å²) in [5.74, 6) is 0. The second-order valence-corrected chi connectivity index (χ2v) is 7.29. The van der Waals surface area contributed by atoms with Crippen molar-refractivity contribution in [2.75, 3.05) is 42.4 Å². The lowest BCUT2D eigenvalue weighted by Gasteiger charge is -2.19. The van der Waals surface area contributed by atoms with E-state index in [0.717, 1.165) is 0 Å². The Bertz CT molecular complexity index is 587. The molecule has 0 heterocycles. The van der Waals surface area contributed by atoms with Crippen molar-refractivity contribution in [2.45, 2.75) is 11.3 Å². The fourth-order valence-electron chi connectivity index (χ4n) is 1.38. The zero-order valence-corrected chi connectivity index (χ0v) is 16.6. The average molecular weight is 410 g/mol. The number of halogens is 1. The first-order valence-electron chi connectivity index (χ1n) is 6.59. The predicted molar refractivity (Wildman–Crippen MR) is 95.0 cm³/mol. The van der Waals surface area contributed by atoms with Crippen molar-refractivity contribution in [3.63, 3.8) is 0 Å². The van der Waals surface area contributed by atoms with Gasteiger partial charge in [-0.1, -0.05) is 12.1 Å². The summed E-state index contributed by atoms with van der Waals surface area (Å²) in [7, 11) is 6.79. The molecule has 7 nitrogen and oxygen atoms in total. The van der Waals surface area contributed by atoms with Crippen LogP contribution in [0.1, 0.15) is 0 Å². The highest BCUT2D eigenvalue weighted by Gasteiger charge is 2.14. The number of hydrogen-bond acceptors (Lipinski definition) is 5. The molecule has 9 heteroatoms. The Hall–Kier alpha value is -1.00. The molecule has 0 aliphatic rings. The largest absolute Gasteiger partial charge is 0.368 e. The highest BCUT2D eigenvalue weighted by atomic mass is 79.9. The third-order valence-electron chi connectivity index (χ3n) is 2.36. The highest BCUT2D eigenvalue weighted by Crippen LogP contribution is 2.22. The van der Waals surface area contributed by atoms with Crippen LogP contribution in [0.5, 0.6) is 0 Å². The molecule has 0 bridgehead atoms. The summed E-state index contributed by atoms with van der Waals surface area (Å²) in [6, 6.07) is 6.58. The first kappa shape index (κ1) is 22.0. The van der Waals surface area contributed by atoms with Crippen molar-refractivity contribution in [3.8, 4) is 0 Å².